The molecule has 0 fully saturated rings. The Morgan fingerprint density at radius 3 is 2.55 bits per heavy atom. The van der Waals surface area contributed by atoms with E-state index >= 15 is 0 Å². The highest BCUT2D eigenvalue weighted by Crippen LogP contribution is 2.30. The summed E-state index contributed by atoms with van der Waals surface area (Å²) in [7, 11) is 0. The van der Waals surface area contributed by atoms with E-state index in [2.05, 4.69) is 21.4 Å². The Morgan fingerprint density at radius 2 is 1.95 bits per heavy atom. The lowest BCUT2D eigenvalue weighted by Gasteiger charge is -2.19. The summed E-state index contributed by atoms with van der Waals surface area (Å²) < 4.78 is 14.6. The molecule has 0 aliphatic heterocycles. The summed E-state index contributed by atoms with van der Waals surface area (Å²) in [6.45, 7) is 0. The van der Waals surface area contributed by atoms with Crippen LogP contribution in [0.2, 0.25) is 10.0 Å². The molecule has 0 radical (unpaired) electrons. The Balaban J connectivity index is 2.31. The number of benzene rings is 2. The largest absolute Gasteiger partial charge is 0.271 e. The number of nitrogens with one attached hydrogen (secondary N) is 1. The molecule has 0 spiro atoms. The number of hydrogen-bond donors (Lipinski definition) is 2. The summed E-state index contributed by atoms with van der Waals surface area (Å²) in [5, 5.41) is 0.951. The van der Waals surface area contributed by atoms with E-state index in [4.69, 9.17) is 29.0 Å². The van der Waals surface area contributed by atoms with E-state index in [-0.39, 0.29) is 11.9 Å². The first-order valence-corrected chi connectivity index (χ1v) is 7.41. The van der Waals surface area contributed by atoms with Crippen molar-refractivity contribution in [3.63, 3.8) is 0 Å². The van der Waals surface area contributed by atoms with E-state index in [9.17, 15) is 4.39 Å². The fourth-order valence-electron chi connectivity index (χ4n) is 1.99. The maximum Gasteiger partial charge on any atom is 0.129 e. The predicted octanol–water partition coefficient (Wildman–Crippen LogP) is 4.64. The third-order valence-corrected chi connectivity index (χ3v) is 4.40. The lowest BCUT2D eigenvalue weighted by Crippen LogP contribution is -2.30. The molecule has 0 heterocycles. The van der Waals surface area contributed by atoms with Gasteiger partial charge in [0.25, 0.3) is 0 Å². The van der Waals surface area contributed by atoms with Crippen molar-refractivity contribution >= 4 is 39.1 Å². The van der Waals surface area contributed by atoms with Crippen LogP contribution >= 0.6 is 39.1 Å². The zero-order chi connectivity index (χ0) is 14.7. The van der Waals surface area contributed by atoms with Gasteiger partial charge in [-0.15, -0.1) is 0 Å². The predicted molar refractivity (Wildman–Crippen MR) is 84.3 cm³/mol. The van der Waals surface area contributed by atoms with E-state index in [1.54, 1.807) is 24.3 Å². The average molecular weight is 378 g/mol. The summed E-state index contributed by atoms with van der Waals surface area (Å²) in [4.78, 5) is 0. The van der Waals surface area contributed by atoms with Crippen LogP contribution in [0, 0.1) is 5.82 Å². The van der Waals surface area contributed by atoms with Crippen molar-refractivity contribution in [2.45, 2.75) is 12.5 Å². The van der Waals surface area contributed by atoms with Gasteiger partial charge in [-0.2, -0.15) is 0 Å². The van der Waals surface area contributed by atoms with Gasteiger partial charge in [-0.1, -0.05) is 51.3 Å². The molecule has 0 aliphatic rings. The number of halogens is 4. The maximum atomic E-state index is 14.0. The van der Waals surface area contributed by atoms with E-state index < -0.39 is 0 Å². The molecule has 0 bridgehead atoms. The van der Waals surface area contributed by atoms with E-state index in [0.29, 0.717) is 26.5 Å². The molecule has 0 aromatic heterocycles. The minimum atomic E-state index is -0.372. The van der Waals surface area contributed by atoms with Gasteiger partial charge in [0.15, 0.2) is 0 Å². The highest BCUT2D eigenvalue weighted by atomic mass is 79.9. The molecular formula is C14H12BrCl2FN2. The second-order valence-corrected chi connectivity index (χ2v) is 5.98. The van der Waals surface area contributed by atoms with Crippen molar-refractivity contribution < 1.29 is 4.39 Å². The van der Waals surface area contributed by atoms with Gasteiger partial charge in [0.1, 0.15) is 5.82 Å². The third-order valence-electron chi connectivity index (χ3n) is 2.97. The molecule has 2 rings (SSSR count). The Labute approximate surface area is 135 Å². The zero-order valence-electron chi connectivity index (χ0n) is 10.3. The summed E-state index contributed by atoms with van der Waals surface area (Å²) in [6, 6.07) is 9.74. The minimum Gasteiger partial charge on any atom is -0.271 e. The summed E-state index contributed by atoms with van der Waals surface area (Å²) in [5.74, 6) is 5.24. The molecule has 2 aromatic carbocycles. The Kier molecular flexibility index (Phi) is 5.41. The molecule has 6 heteroatoms. The minimum absolute atomic E-state index is 0.317. The second-order valence-electron chi connectivity index (χ2n) is 4.31. The van der Waals surface area contributed by atoms with Crippen molar-refractivity contribution in [1.82, 2.24) is 5.43 Å². The van der Waals surface area contributed by atoms with E-state index in [1.807, 2.05) is 6.07 Å². The van der Waals surface area contributed by atoms with Crippen molar-refractivity contribution in [1.29, 1.82) is 0 Å². The van der Waals surface area contributed by atoms with Crippen molar-refractivity contribution in [2.75, 3.05) is 0 Å². The van der Waals surface area contributed by atoms with Crippen molar-refractivity contribution in [3.8, 4) is 0 Å². The first-order chi connectivity index (χ1) is 9.52. The highest BCUT2D eigenvalue weighted by molar-refractivity contribution is 9.10. The Morgan fingerprint density at radius 1 is 1.20 bits per heavy atom. The lowest BCUT2D eigenvalue weighted by atomic mass is 9.99. The van der Waals surface area contributed by atoms with Crippen LogP contribution in [0.15, 0.2) is 40.9 Å². The standard InChI is InChI=1S/C14H12BrCl2FN2/c15-9-2-1-3-12(18)14(9)13(20-19)7-8-4-5-10(16)11(17)6-8/h1-6,13,20H,7,19H2. The fourth-order valence-corrected chi connectivity index (χ4v) is 2.93. The molecular weight excluding hydrogens is 366 g/mol. The second kappa shape index (κ2) is 6.87. The molecule has 0 aliphatic carbocycles. The molecule has 2 nitrogen and oxygen atoms in total. The molecule has 0 saturated carbocycles. The van der Waals surface area contributed by atoms with Crippen LogP contribution in [0.5, 0.6) is 0 Å². The van der Waals surface area contributed by atoms with Crippen LogP contribution in [0.25, 0.3) is 0 Å². The van der Waals surface area contributed by atoms with Crippen LogP contribution in [0.4, 0.5) is 4.39 Å². The quantitative estimate of drug-likeness (QED) is 0.601. The normalized spacial score (nSPS) is 12.4. The van der Waals surface area contributed by atoms with Crippen molar-refractivity contribution in [2.24, 2.45) is 5.84 Å². The zero-order valence-corrected chi connectivity index (χ0v) is 13.4. The van der Waals surface area contributed by atoms with Crippen LogP contribution in [0.1, 0.15) is 17.2 Å². The van der Waals surface area contributed by atoms with Gasteiger partial charge in [-0.3, -0.25) is 11.3 Å². The number of nitrogens with two attached hydrogens (primary N) is 1. The van der Waals surface area contributed by atoms with Crippen LogP contribution in [0.3, 0.4) is 0 Å². The maximum absolute atomic E-state index is 14.0. The lowest BCUT2D eigenvalue weighted by molar-refractivity contribution is 0.508. The molecule has 106 valence electrons. The van der Waals surface area contributed by atoms with Crippen LogP contribution in [-0.4, -0.2) is 0 Å². The van der Waals surface area contributed by atoms with Crippen LogP contribution < -0.4 is 11.3 Å². The molecule has 1 unspecified atom stereocenters. The highest BCUT2D eigenvalue weighted by Gasteiger charge is 2.18. The first-order valence-electron chi connectivity index (χ1n) is 5.87. The molecule has 1 atom stereocenters. The number of hydrazine groups is 1. The van der Waals surface area contributed by atoms with Gasteiger partial charge in [0.2, 0.25) is 0 Å². The molecule has 0 saturated heterocycles. The Hall–Kier alpha value is -0.650. The van der Waals surface area contributed by atoms with Gasteiger partial charge >= 0.3 is 0 Å². The number of hydrogen-bond acceptors (Lipinski definition) is 2. The summed E-state index contributed by atoms with van der Waals surface area (Å²) >= 11 is 15.2. The van der Waals surface area contributed by atoms with Gasteiger partial charge in [0, 0.05) is 10.0 Å². The monoisotopic (exact) mass is 376 g/mol. The molecule has 0 amide bonds. The molecule has 2 aromatic rings. The third kappa shape index (κ3) is 3.51. The topological polar surface area (TPSA) is 38.0 Å². The van der Waals surface area contributed by atoms with E-state index in [1.165, 1.54) is 6.07 Å². The van der Waals surface area contributed by atoms with Crippen molar-refractivity contribution in [3.05, 3.63) is 67.9 Å². The summed E-state index contributed by atoms with van der Waals surface area (Å²) in [6.07, 6.45) is 0.493. The molecule has 3 N–H and O–H groups in total. The van der Waals surface area contributed by atoms with E-state index in [0.717, 1.165) is 5.56 Å². The van der Waals surface area contributed by atoms with Gasteiger partial charge < -0.3 is 0 Å². The van der Waals surface area contributed by atoms with Gasteiger partial charge in [-0.05, 0) is 36.2 Å². The summed E-state index contributed by atoms with van der Waals surface area (Å²) in [5.41, 5.74) is 4.04. The Bertz CT molecular complexity index is 602. The smallest absolute Gasteiger partial charge is 0.129 e. The number of rotatable bonds is 4. The molecule has 20 heavy (non-hydrogen) atoms. The average Bonchev–Trinajstić information content (AvgIpc) is 2.41. The fraction of sp³-hybridized carbons (Fsp3) is 0.143. The van der Waals surface area contributed by atoms with Crippen LogP contribution in [-0.2, 0) is 6.42 Å². The first kappa shape index (κ1) is 15.7. The van der Waals surface area contributed by atoms with Gasteiger partial charge in [-0.25, -0.2) is 4.39 Å². The van der Waals surface area contributed by atoms with Gasteiger partial charge in [0.05, 0.1) is 16.1 Å². The SMILES string of the molecule is NNC(Cc1ccc(Cl)c(Cl)c1)c1c(F)cccc1Br.